The largest absolute Gasteiger partial charge is 0.453 e. The van der Waals surface area contributed by atoms with Gasteiger partial charge in [-0.25, -0.2) is 9.50 Å². The number of halogens is 3. The number of pyridine rings is 1. The number of amides is 1. The molecule has 0 aliphatic carbocycles. The highest BCUT2D eigenvalue weighted by Gasteiger charge is 2.37. The Morgan fingerprint density at radius 3 is 2.47 bits per heavy atom. The first-order valence-electron chi connectivity index (χ1n) is 9.79. The highest BCUT2D eigenvalue weighted by Crippen LogP contribution is 2.27. The molecular weight excluding hydrogens is 421 g/mol. The van der Waals surface area contributed by atoms with Gasteiger partial charge in [-0.05, 0) is 31.5 Å². The second-order valence-corrected chi connectivity index (χ2v) is 7.26. The first kappa shape index (κ1) is 21.4. The molecule has 1 aromatic carbocycles. The summed E-state index contributed by atoms with van der Waals surface area (Å²) in [6.45, 7) is 3.74. The molecule has 32 heavy (non-hydrogen) atoms. The zero-order valence-electron chi connectivity index (χ0n) is 17.3. The molecule has 0 radical (unpaired) electrons. The molecule has 4 aromatic rings. The molecule has 0 saturated carbocycles. The van der Waals surface area contributed by atoms with E-state index in [-0.39, 0.29) is 12.2 Å². The second kappa shape index (κ2) is 8.37. The van der Waals surface area contributed by atoms with Gasteiger partial charge in [0, 0.05) is 29.7 Å². The molecule has 7 nitrogen and oxygen atoms in total. The summed E-state index contributed by atoms with van der Waals surface area (Å²) in [5.74, 6) is -1.88. The van der Waals surface area contributed by atoms with Crippen LogP contribution in [0.2, 0.25) is 0 Å². The predicted molar refractivity (Wildman–Crippen MR) is 110 cm³/mol. The van der Waals surface area contributed by atoms with Crippen molar-refractivity contribution < 1.29 is 18.0 Å². The molecule has 0 unspecified atom stereocenters. The van der Waals surface area contributed by atoms with E-state index in [0.29, 0.717) is 29.0 Å². The number of carbonyl (C=O) groups excluding carboxylic acids is 1. The van der Waals surface area contributed by atoms with Crippen molar-refractivity contribution in [3.63, 3.8) is 0 Å². The molecule has 0 N–H and O–H groups in total. The van der Waals surface area contributed by atoms with Crippen molar-refractivity contribution in [2.45, 2.75) is 33.0 Å². The molecule has 4 rings (SSSR count). The lowest BCUT2D eigenvalue weighted by Gasteiger charge is -2.09. The average molecular weight is 440 g/mol. The second-order valence-electron chi connectivity index (χ2n) is 7.26. The zero-order chi connectivity index (χ0) is 22.9. The third-order valence-corrected chi connectivity index (χ3v) is 4.98. The molecule has 0 aliphatic heterocycles. The van der Waals surface area contributed by atoms with Gasteiger partial charge in [0.2, 0.25) is 0 Å². The van der Waals surface area contributed by atoms with E-state index >= 15 is 0 Å². The van der Waals surface area contributed by atoms with E-state index in [1.165, 1.54) is 0 Å². The maximum absolute atomic E-state index is 13.0. The van der Waals surface area contributed by atoms with Crippen LogP contribution in [-0.2, 0) is 23.9 Å². The van der Waals surface area contributed by atoms with Crippen LogP contribution in [0.15, 0.2) is 59.7 Å². The molecule has 0 atom stereocenters. The number of carbonyl (C=O) groups is 1. The molecule has 0 spiro atoms. The predicted octanol–water partition coefficient (Wildman–Crippen LogP) is 3.28. The molecular formula is C22H19F3N6O. The zero-order valence-corrected chi connectivity index (χ0v) is 17.3. The van der Waals surface area contributed by atoms with Crippen molar-refractivity contribution in [3.05, 3.63) is 88.6 Å². The lowest BCUT2D eigenvalue weighted by Crippen LogP contribution is -2.23. The van der Waals surface area contributed by atoms with E-state index in [2.05, 4.69) is 20.1 Å². The maximum atomic E-state index is 13.0. The van der Waals surface area contributed by atoms with Gasteiger partial charge in [-0.15, -0.1) is 5.10 Å². The monoisotopic (exact) mass is 440 g/mol. The quantitative estimate of drug-likeness (QED) is 0.488. The van der Waals surface area contributed by atoms with Crippen LogP contribution in [0.25, 0.3) is 5.78 Å². The number of benzene rings is 1. The van der Waals surface area contributed by atoms with Crippen LogP contribution in [0.4, 0.5) is 13.2 Å². The maximum Gasteiger partial charge on any atom is 0.453 e. The van der Waals surface area contributed by atoms with Crippen molar-refractivity contribution in [1.82, 2.24) is 24.1 Å². The van der Waals surface area contributed by atoms with Gasteiger partial charge in [-0.2, -0.15) is 23.1 Å². The number of aromatic nitrogens is 5. The van der Waals surface area contributed by atoms with Crippen LogP contribution >= 0.6 is 0 Å². The third kappa shape index (κ3) is 4.43. The van der Waals surface area contributed by atoms with Gasteiger partial charge >= 0.3 is 6.18 Å². The SMILES string of the molecule is Cc1nc2nc(C(F)(F)F)nn2c(C)c1CC(=O)N=c1ccccn1Cc1ccccc1. The van der Waals surface area contributed by atoms with Crippen LogP contribution in [0.1, 0.15) is 28.3 Å². The average Bonchev–Trinajstić information content (AvgIpc) is 3.18. The van der Waals surface area contributed by atoms with E-state index in [1.807, 2.05) is 47.2 Å². The lowest BCUT2D eigenvalue weighted by atomic mass is 10.1. The molecule has 10 heteroatoms. The first-order chi connectivity index (χ1) is 15.2. The summed E-state index contributed by atoms with van der Waals surface area (Å²) < 4.78 is 41.8. The summed E-state index contributed by atoms with van der Waals surface area (Å²) in [6.07, 6.45) is -2.97. The van der Waals surface area contributed by atoms with E-state index in [0.717, 1.165) is 10.1 Å². The van der Waals surface area contributed by atoms with E-state index in [4.69, 9.17) is 0 Å². The van der Waals surface area contributed by atoms with Crippen LogP contribution in [0.3, 0.4) is 0 Å². The van der Waals surface area contributed by atoms with Crippen molar-refractivity contribution in [3.8, 4) is 0 Å². The van der Waals surface area contributed by atoms with Gasteiger partial charge in [0.05, 0.1) is 6.42 Å². The van der Waals surface area contributed by atoms with Crippen molar-refractivity contribution in [2.75, 3.05) is 0 Å². The fourth-order valence-corrected chi connectivity index (χ4v) is 3.39. The minimum atomic E-state index is -4.68. The van der Waals surface area contributed by atoms with Crippen LogP contribution in [0.5, 0.6) is 0 Å². The third-order valence-electron chi connectivity index (χ3n) is 4.98. The van der Waals surface area contributed by atoms with Crippen LogP contribution < -0.4 is 5.49 Å². The fourth-order valence-electron chi connectivity index (χ4n) is 3.39. The van der Waals surface area contributed by atoms with Crippen molar-refractivity contribution >= 4 is 11.7 Å². The van der Waals surface area contributed by atoms with E-state index < -0.39 is 17.9 Å². The number of hydrogen-bond acceptors (Lipinski definition) is 4. The number of rotatable bonds is 4. The lowest BCUT2D eigenvalue weighted by molar-refractivity contribution is -0.144. The molecule has 1 amide bonds. The van der Waals surface area contributed by atoms with Gasteiger partial charge in [0.25, 0.3) is 17.5 Å². The molecule has 0 bridgehead atoms. The Labute approximate surface area is 180 Å². The highest BCUT2D eigenvalue weighted by atomic mass is 19.4. The molecule has 3 heterocycles. The molecule has 0 aliphatic rings. The van der Waals surface area contributed by atoms with Gasteiger partial charge in [0.1, 0.15) is 5.49 Å². The number of fused-ring (bicyclic) bond motifs is 1. The minimum Gasteiger partial charge on any atom is -0.328 e. The Bertz CT molecular complexity index is 1360. The van der Waals surface area contributed by atoms with E-state index in [1.54, 1.807) is 26.0 Å². The van der Waals surface area contributed by atoms with E-state index in [9.17, 15) is 18.0 Å². The Morgan fingerprint density at radius 2 is 1.75 bits per heavy atom. The van der Waals surface area contributed by atoms with Gasteiger partial charge in [-0.3, -0.25) is 4.79 Å². The van der Waals surface area contributed by atoms with Gasteiger partial charge in [-0.1, -0.05) is 36.4 Å². The Kier molecular flexibility index (Phi) is 5.60. The summed E-state index contributed by atoms with van der Waals surface area (Å²) in [7, 11) is 0. The fraction of sp³-hybridized carbons (Fsp3) is 0.227. The summed E-state index contributed by atoms with van der Waals surface area (Å²) in [6, 6.07) is 15.1. The number of aryl methyl sites for hydroxylation is 2. The Morgan fingerprint density at radius 1 is 1.03 bits per heavy atom. The topological polar surface area (TPSA) is 77.4 Å². The number of alkyl halides is 3. The van der Waals surface area contributed by atoms with Crippen molar-refractivity contribution in [2.24, 2.45) is 4.99 Å². The summed E-state index contributed by atoms with van der Waals surface area (Å²) >= 11 is 0. The smallest absolute Gasteiger partial charge is 0.328 e. The van der Waals surface area contributed by atoms with Crippen molar-refractivity contribution in [1.29, 1.82) is 0 Å². The normalized spacial score (nSPS) is 12.5. The highest BCUT2D eigenvalue weighted by molar-refractivity contribution is 5.80. The summed E-state index contributed by atoms with van der Waals surface area (Å²) in [5.41, 5.74) is 2.77. The molecule has 3 aromatic heterocycles. The van der Waals surface area contributed by atoms with Gasteiger partial charge in [0.15, 0.2) is 0 Å². The molecule has 0 saturated heterocycles. The van der Waals surface area contributed by atoms with Gasteiger partial charge < -0.3 is 4.57 Å². The first-order valence-corrected chi connectivity index (χ1v) is 9.79. The van der Waals surface area contributed by atoms with Crippen LogP contribution in [-0.4, -0.2) is 30.1 Å². The Balaban J connectivity index is 1.66. The number of nitrogens with zero attached hydrogens (tertiary/aromatic N) is 6. The summed E-state index contributed by atoms with van der Waals surface area (Å²) in [4.78, 5) is 24.5. The molecule has 0 fully saturated rings. The number of hydrogen-bond donors (Lipinski definition) is 0. The van der Waals surface area contributed by atoms with Crippen LogP contribution in [0, 0.1) is 13.8 Å². The Hall–Kier alpha value is -3.82. The minimum absolute atomic E-state index is 0.123. The molecule has 164 valence electrons. The standard InChI is InChI=1S/C22H19F3N6O/c1-14-17(15(2)31-21(26-14)28-20(29-31)22(23,24)25)12-19(32)27-18-10-6-7-11-30(18)13-16-8-4-3-5-9-16/h3-11H,12-13H2,1-2H3. The summed E-state index contributed by atoms with van der Waals surface area (Å²) in [5, 5.41) is 3.51.